The topological polar surface area (TPSA) is 20.2 Å². The zero-order chi connectivity index (χ0) is 11.7. The quantitative estimate of drug-likeness (QED) is 0.861. The molecule has 0 saturated heterocycles. The second-order valence-corrected chi connectivity index (χ2v) is 6.15. The fourth-order valence-electron chi connectivity index (χ4n) is 1.48. The molecule has 1 aromatic carbocycles. The Hall–Kier alpha value is -0.350. The van der Waals surface area contributed by atoms with Gasteiger partial charge in [-0.25, -0.2) is 0 Å². The van der Waals surface area contributed by atoms with Gasteiger partial charge in [0.25, 0.3) is 0 Å². The Morgan fingerprint density at radius 1 is 1.31 bits per heavy atom. The van der Waals surface area contributed by atoms with Crippen LogP contribution in [0.15, 0.2) is 34.8 Å². The maximum Gasteiger partial charge on any atom is 0.113 e. The zero-order valence-corrected chi connectivity index (χ0v) is 11.7. The number of hydrogen-bond donors (Lipinski definition) is 1. The summed E-state index contributed by atoms with van der Waals surface area (Å²) in [6, 6.07) is 9.49. The van der Waals surface area contributed by atoms with Crippen LogP contribution < -0.4 is 0 Å². The van der Waals surface area contributed by atoms with Crippen molar-refractivity contribution in [2.75, 3.05) is 0 Å². The first-order valence-corrected chi connectivity index (χ1v) is 6.76. The molecular weight excluding hydrogens is 308 g/mol. The fourth-order valence-corrected chi connectivity index (χ4v) is 2.80. The van der Waals surface area contributed by atoms with Crippen LogP contribution in [0.2, 0.25) is 4.34 Å². The van der Waals surface area contributed by atoms with E-state index in [1.54, 1.807) is 6.07 Å². The summed E-state index contributed by atoms with van der Waals surface area (Å²) in [7, 11) is 0. The minimum atomic E-state index is -0.593. The van der Waals surface area contributed by atoms with E-state index in [-0.39, 0.29) is 0 Å². The lowest BCUT2D eigenvalue weighted by Gasteiger charge is -2.10. The van der Waals surface area contributed by atoms with Crippen LogP contribution in [0, 0.1) is 6.92 Å². The van der Waals surface area contributed by atoms with E-state index >= 15 is 0 Å². The molecule has 0 spiro atoms. The van der Waals surface area contributed by atoms with Crippen molar-refractivity contribution in [3.63, 3.8) is 0 Å². The summed E-state index contributed by atoms with van der Waals surface area (Å²) in [6.45, 7) is 2.00. The van der Waals surface area contributed by atoms with Gasteiger partial charge >= 0.3 is 0 Å². The van der Waals surface area contributed by atoms with Gasteiger partial charge in [-0.15, -0.1) is 11.3 Å². The standard InChI is InChI=1S/C12H10BrClOS/c1-7-6-8(2-3-9(7)13)12(15)10-4-5-11(14)16-10/h2-6,12,15H,1H3. The fraction of sp³-hybridized carbons (Fsp3) is 0.167. The SMILES string of the molecule is Cc1cc(C(O)c2ccc(Cl)s2)ccc1Br. The number of thiophene rings is 1. The van der Waals surface area contributed by atoms with Crippen LogP contribution >= 0.6 is 38.9 Å². The molecule has 4 heteroatoms. The van der Waals surface area contributed by atoms with Crippen LogP contribution in [0.3, 0.4) is 0 Å². The predicted octanol–water partition coefficient (Wildman–Crippen LogP) is 4.55. The monoisotopic (exact) mass is 316 g/mol. The Labute approximate surface area is 112 Å². The molecule has 0 aliphatic heterocycles. The first-order chi connectivity index (χ1) is 7.58. The molecule has 0 fully saturated rings. The highest BCUT2D eigenvalue weighted by molar-refractivity contribution is 9.10. The average Bonchev–Trinajstić information content (AvgIpc) is 2.68. The third-order valence-electron chi connectivity index (χ3n) is 2.36. The van der Waals surface area contributed by atoms with Crippen LogP contribution in [0.4, 0.5) is 0 Å². The van der Waals surface area contributed by atoms with Crippen LogP contribution in [0.5, 0.6) is 0 Å². The van der Waals surface area contributed by atoms with Crippen molar-refractivity contribution in [2.24, 2.45) is 0 Å². The van der Waals surface area contributed by atoms with E-state index in [9.17, 15) is 5.11 Å². The molecule has 0 aliphatic rings. The number of aliphatic hydroxyl groups excluding tert-OH is 1. The van der Waals surface area contributed by atoms with Crippen molar-refractivity contribution in [1.82, 2.24) is 0 Å². The Morgan fingerprint density at radius 3 is 2.62 bits per heavy atom. The van der Waals surface area contributed by atoms with Crippen molar-refractivity contribution >= 4 is 38.9 Å². The number of aliphatic hydroxyl groups is 1. The molecule has 1 unspecified atom stereocenters. The predicted molar refractivity (Wildman–Crippen MR) is 72.3 cm³/mol. The van der Waals surface area contributed by atoms with Crippen LogP contribution in [-0.2, 0) is 0 Å². The molecule has 16 heavy (non-hydrogen) atoms. The molecule has 1 nitrogen and oxygen atoms in total. The first kappa shape index (κ1) is 12.1. The summed E-state index contributed by atoms with van der Waals surface area (Å²) < 4.78 is 1.75. The molecule has 1 N–H and O–H groups in total. The normalized spacial score (nSPS) is 12.8. The first-order valence-electron chi connectivity index (χ1n) is 4.77. The Kier molecular flexibility index (Phi) is 3.70. The summed E-state index contributed by atoms with van der Waals surface area (Å²) in [5, 5.41) is 10.2. The van der Waals surface area contributed by atoms with Gasteiger partial charge in [0.15, 0.2) is 0 Å². The van der Waals surface area contributed by atoms with Gasteiger partial charge < -0.3 is 5.11 Å². The van der Waals surface area contributed by atoms with Gasteiger partial charge in [-0.2, -0.15) is 0 Å². The maximum absolute atomic E-state index is 10.2. The lowest BCUT2D eigenvalue weighted by Crippen LogP contribution is -1.97. The molecule has 0 saturated carbocycles. The summed E-state index contributed by atoms with van der Waals surface area (Å²) in [4.78, 5) is 0.867. The summed E-state index contributed by atoms with van der Waals surface area (Å²) in [5.41, 5.74) is 2.00. The smallest absolute Gasteiger partial charge is 0.113 e. The van der Waals surface area contributed by atoms with Gasteiger partial charge in [-0.05, 0) is 36.2 Å². The lowest BCUT2D eigenvalue weighted by atomic mass is 10.1. The summed E-state index contributed by atoms with van der Waals surface area (Å²) >= 11 is 10.7. The highest BCUT2D eigenvalue weighted by Crippen LogP contribution is 2.32. The zero-order valence-electron chi connectivity index (χ0n) is 8.58. The molecule has 84 valence electrons. The second-order valence-electron chi connectivity index (χ2n) is 3.55. The number of hydrogen-bond acceptors (Lipinski definition) is 2. The summed E-state index contributed by atoms with van der Waals surface area (Å²) in [5.74, 6) is 0. The van der Waals surface area contributed by atoms with Gasteiger partial charge in [-0.1, -0.05) is 39.7 Å². The molecule has 2 rings (SSSR count). The molecule has 0 amide bonds. The largest absolute Gasteiger partial charge is 0.383 e. The van der Waals surface area contributed by atoms with E-state index in [1.165, 1.54) is 11.3 Å². The van der Waals surface area contributed by atoms with E-state index < -0.39 is 6.10 Å². The van der Waals surface area contributed by atoms with Crippen molar-refractivity contribution in [1.29, 1.82) is 0 Å². The molecule has 2 aromatic rings. The molecule has 0 aliphatic carbocycles. The lowest BCUT2D eigenvalue weighted by molar-refractivity contribution is 0.224. The van der Waals surface area contributed by atoms with Crippen LogP contribution in [0.1, 0.15) is 22.1 Å². The maximum atomic E-state index is 10.2. The molecule has 0 radical (unpaired) electrons. The Bertz CT molecular complexity index is 509. The highest BCUT2D eigenvalue weighted by Gasteiger charge is 2.13. The average molecular weight is 318 g/mol. The van der Waals surface area contributed by atoms with Crippen molar-refractivity contribution in [2.45, 2.75) is 13.0 Å². The molecule has 1 heterocycles. The van der Waals surface area contributed by atoms with E-state index in [4.69, 9.17) is 11.6 Å². The van der Waals surface area contributed by atoms with Gasteiger partial charge in [-0.3, -0.25) is 0 Å². The molecule has 1 atom stereocenters. The number of halogens is 2. The van der Waals surface area contributed by atoms with Gasteiger partial charge in [0, 0.05) is 9.35 Å². The van der Waals surface area contributed by atoms with Crippen LogP contribution in [0.25, 0.3) is 0 Å². The third kappa shape index (κ3) is 2.48. The molecule has 1 aromatic heterocycles. The molecule has 0 bridgehead atoms. The minimum absolute atomic E-state index is 0.593. The number of aryl methyl sites for hydroxylation is 1. The van der Waals surface area contributed by atoms with E-state index in [2.05, 4.69) is 15.9 Å². The highest BCUT2D eigenvalue weighted by atomic mass is 79.9. The van der Waals surface area contributed by atoms with Gasteiger partial charge in [0.2, 0.25) is 0 Å². The van der Waals surface area contributed by atoms with Crippen molar-refractivity contribution < 1.29 is 5.11 Å². The van der Waals surface area contributed by atoms with Gasteiger partial charge in [0.1, 0.15) is 6.10 Å². The van der Waals surface area contributed by atoms with E-state index in [1.807, 2.05) is 31.2 Å². The Balaban J connectivity index is 2.33. The second kappa shape index (κ2) is 4.88. The third-order valence-corrected chi connectivity index (χ3v) is 4.53. The minimum Gasteiger partial charge on any atom is -0.383 e. The van der Waals surface area contributed by atoms with Crippen molar-refractivity contribution in [3.05, 3.63) is 55.1 Å². The van der Waals surface area contributed by atoms with Crippen molar-refractivity contribution in [3.8, 4) is 0 Å². The van der Waals surface area contributed by atoms with Gasteiger partial charge in [0.05, 0.1) is 4.34 Å². The Morgan fingerprint density at radius 2 is 2.06 bits per heavy atom. The van der Waals surface area contributed by atoms with E-state index in [0.29, 0.717) is 4.34 Å². The molecular formula is C12H10BrClOS. The number of benzene rings is 1. The van der Waals surface area contributed by atoms with E-state index in [0.717, 1.165) is 20.5 Å². The summed E-state index contributed by atoms with van der Waals surface area (Å²) in [6.07, 6.45) is -0.593. The number of rotatable bonds is 2. The van der Waals surface area contributed by atoms with Crippen LogP contribution in [-0.4, -0.2) is 5.11 Å².